The fourth-order valence-electron chi connectivity index (χ4n) is 2.07. The van der Waals surface area contributed by atoms with Gasteiger partial charge in [-0.1, -0.05) is 12.1 Å². The van der Waals surface area contributed by atoms with Gasteiger partial charge in [-0.05, 0) is 44.2 Å². The molecule has 168 valence electrons. The largest absolute Gasteiger partial charge is 0.444 e. The highest BCUT2D eigenvalue weighted by Gasteiger charge is 2.22. The molecule has 0 saturated carbocycles. The van der Waals surface area contributed by atoms with Crippen LogP contribution in [-0.4, -0.2) is 48.2 Å². The minimum Gasteiger partial charge on any atom is -0.444 e. The number of nitrogens with one attached hydrogen (secondary N) is 2. The number of alkyl carbamates (subject to hydrolysis) is 1. The Labute approximate surface area is 181 Å². The van der Waals surface area contributed by atoms with Gasteiger partial charge in [0.1, 0.15) is 17.6 Å². The molecule has 2 aromatic rings. The third kappa shape index (κ3) is 7.82. The first-order valence-electron chi connectivity index (χ1n) is 8.76. The first-order valence-corrected chi connectivity index (χ1v) is 11.2. The summed E-state index contributed by atoms with van der Waals surface area (Å²) >= 11 is 0.647. The molecule has 2 rings (SSSR count). The van der Waals surface area contributed by atoms with Gasteiger partial charge in [-0.3, -0.25) is 20.2 Å². The van der Waals surface area contributed by atoms with Crippen LogP contribution in [0.15, 0.2) is 30.5 Å². The predicted octanol–water partition coefficient (Wildman–Crippen LogP) is 2.54. The Balaban J connectivity index is 2.02. The summed E-state index contributed by atoms with van der Waals surface area (Å²) in [5.74, 6) is -1.58. The van der Waals surface area contributed by atoms with E-state index in [1.165, 1.54) is 24.3 Å². The van der Waals surface area contributed by atoms with E-state index in [-0.39, 0.29) is 28.0 Å². The maximum absolute atomic E-state index is 12.5. The molecular formula is C17H20N4O8S2. The summed E-state index contributed by atoms with van der Waals surface area (Å²) in [6, 6.07) is 5.55. The number of nitro groups is 1. The standard InChI is InChI=1S/C17H20N4O8S2/c1-17(2,3)28-16(23)18-8-9-31(26,27)29-12-7-5-4-6-11(12)14(22)20-15-19-10-13(30-15)21(24)25/h4-7,10H,8-9H2,1-3H3,(H,18,23)(H,19,20,22). The maximum Gasteiger partial charge on any atom is 0.407 e. The molecule has 2 amide bonds. The fourth-order valence-corrected chi connectivity index (χ4v) is 3.55. The van der Waals surface area contributed by atoms with Crippen LogP contribution in [0.25, 0.3) is 0 Å². The molecule has 0 bridgehead atoms. The van der Waals surface area contributed by atoms with Crippen molar-refractivity contribution >= 4 is 43.6 Å². The Morgan fingerprint density at radius 1 is 1.26 bits per heavy atom. The molecule has 0 atom stereocenters. The van der Waals surface area contributed by atoms with Crippen molar-refractivity contribution in [3.63, 3.8) is 0 Å². The first-order chi connectivity index (χ1) is 14.4. The van der Waals surface area contributed by atoms with E-state index in [2.05, 4.69) is 15.6 Å². The topological polar surface area (TPSA) is 167 Å². The number of nitrogens with zero attached hydrogens (tertiary/aromatic N) is 2. The van der Waals surface area contributed by atoms with Crippen molar-refractivity contribution < 1.29 is 31.9 Å². The van der Waals surface area contributed by atoms with Gasteiger partial charge >= 0.3 is 21.2 Å². The third-order valence-electron chi connectivity index (χ3n) is 3.26. The number of rotatable bonds is 8. The van der Waals surface area contributed by atoms with E-state index in [0.29, 0.717) is 11.3 Å². The summed E-state index contributed by atoms with van der Waals surface area (Å²) in [6.07, 6.45) is 0.213. The Morgan fingerprint density at radius 3 is 2.55 bits per heavy atom. The molecule has 0 aliphatic rings. The van der Waals surface area contributed by atoms with Crippen LogP contribution in [0.2, 0.25) is 0 Å². The summed E-state index contributed by atoms with van der Waals surface area (Å²) in [4.78, 5) is 37.9. The molecule has 0 spiro atoms. The van der Waals surface area contributed by atoms with Crippen LogP contribution in [0.1, 0.15) is 31.1 Å². The zero-order chi connectivity index (χ0) is 23.2. The molecule has 0 aliphatic heterocycles. The minimum atomic E-state index is -4.16. The van der Waals surface area contributed by atoms with E-state index in [4.69, 9.17) is 8.92 Å². The molecular weight excluding hydrogens is 452 g/mol. The molecule has 0 unspecified atom stereocenters. The predicted molar refractivity (Wildman–Crippen MR) is 112 cm³/mol. The zero-order valence-corrected chi connectivity index (χ0v) is 18.4. The van der Waals surface area contributed by atoms with Gasteiger partial charge in [-0.25, -0.2) is 9.78 Å². The second kappa shape index (κ2) is 9.70. The number of amides is 2. The minimum absolute atomic E-state index is 0.0316. The molecule has 1 aromatic carbocycles. The second-order valence-electron chi connectivity index (χ2n) is 6.98. The van der Waals surface area contributed by atoms with E-state index >= 15 is 0 Å². The molecule has 2 N–H and O–H groups in total. The van der Waals surface area contributed by atoms with Crippen LogP contribution in [0.3, 0.4) is 0 Å². The zero-order valence-electron chi connectivity index (χ0n) is 16.8. The highest BCUT2D eigenvalue weighted by Crippen LogP contribution is 2.27. The number of thiazole rings is 1. The van der Waals surface area contributed by atoms with Gasteiger partial charge in [-0.15, -0.1) is 0 Å². The molecule has 12 nitrogen and oxygen atoms in total. The molecule has 0 aliphatic carbocycles. The quantitative estimate of drug-likeness (QED) is 0.333. The van der Waals surface area contributed by atoms with Gasteiger partial charge in [0.25, 0.3) is 5.91 Å². The first kappa shape index (κ1) is 24.0. The number of anilines is 1. The Hall–Kier alpha value is -3.26. The smallest absolute Gasteiger partial charge is 0.407 e. The van der Waals surface area contributed by atoms with Crippen LogP contribution in [0.5, 0.6) is 5.75 Å². The van der Waals surface area contributed by atoms with E-state index in [9.17, 15) is 28.1 Å². The number of carbonyl (C=O) groups excluding carboxylic acids is 2. The lowest BCUT2D eigenvalue weighted by atomic mass is 10.2. The average Bonchev–Trinajstić information content (AvgIpc) is 3.08. The lowest BCUT2D eigenvalue weighted by Crippen LogP contribution is -2.35. The summed E-state index contributed by atoms with van der Waals surface area (Å²) in [5, 5.41) is 15.1. The van der Waals surface area contributed by atoms with Crippen molar-refractivity contribution in [1.82, 2.24) is 10.3 Å². The third-order valence-corrected chi connectivity index (χ3v) is 5.26. The number of para-hydroxylation sites is 1. The van der Waals surface area contributed by atoms with Crippen molar-refractivity contribution in [2.24, 2.45) is 0 Å². The number of ether oxygens (including phenoxy) is 1. The lowest BCUT2D eigenvalue weighted by Gasteiger charge is -2.19. The maximum atomic E-state index is 12.5. The highest BCUT2D eigenvalue weighted by atomic mass is 32.2. The summed E-state index contributed by atoms with van der Waals surface area (Å²) in [5.41, 5.74) is -0.854. The van der Waals surface area contributed by atoms with Crippen molar-refractivity contribution in [1.29, 1.82) is 0 Å². The van der Waals surface area contributed by atoms with Gasteiger partial charge in [0.2, 0.25) is 0 Å². The van der Waals surface area contributed by atoms with Crippen molar-refractivity contribution in [3.05, 3.63) is 46.1 Å². The van der Waals surface area contributed by atoms with Gasteiger partial charge < -0.3 is 14.2 Å². The lowest BCUT2D eigenvalue weighted by molar-refractivity contribution is -0.380. The van der Waals surface area contributed by atoms with Crippen LogP contribution in [0, 0.1) is 10.1 Å². The van der Waals surface area contributed by atoms with Crippen molar-refractivity contribution in [2.45, 2.75) is 26.4 Å². The van der Waals surface area contributed by atoms with Crippen LogP contribution in [-0.2, 0) is 14.9 Å². The molecule has 14 heteroatoms. The Morgan fingerprint density at radius 2 is 1.94 bits per heavy atom. The van der Waals surface area contributed by atoms with Gasteiger partial charge in [0.05, 0.1) is 10.5 Å². The molecule has 1 heterocycles. The van der Waals surface area contributed by atoms with Crippen molar-refractivity contribution in [2.75, 3.05) is 17.6 Å². The van der Waals surface area contributed by atoms with Crippen LogP contribution >= 0.6 is 11.3 Å². The molecule has 0 fully saturated rings. The van der Waals surface area contributed by atoms with Gasteiger partial charge in [0.15, 0.2) is 10.9 Å². The average molecular weight is 473 g/mol. The summed E-state index contributed by atoms with van der Waals surface area (Å²) in [6.45, 7) is 4.73. The number of benzene rings is 1. The highest BCUT2D eigenvalue weighted by molar-refractivity contribution is 7.87. The van der Waals surface area contributed by atoms with Gasteiger partial charge in [0, 0.05) is 6.54 Å². The molecule has 0 radical (unpaired) electrons. The summed E-state index contributed by atoms with van der Waals surface area (Å²) < 4.78 is 34.5. The monoisotopic (exact) mass is 472 g/mol. The normalized spacial score (nSPS) is 11.5. The number of aromatic nitrogens is 1. The number of carbonyl (C=O) groups is 2. The fraction of sp³-hybridized carbons (Fsp3) is 0.353. The Bertz CT molecular complexity index is 1080. The van der Waals surface area contributed by atoms with Gasteiger partial charge in [-0.2, -0.15) is 8.42 Å². The van der Waals surface area contributed by atoms with E-state index < -0.39 is 38.4 Å². The number of hydrogen-bond acceptors (Lipinski definition) is 10. The molecule has 1 aromatic heterocycles. The van der Waals surface area contributed by atoms with Crippen LogP contribution < -0.4 is 14.8 Å². The molecule has 0 saturated heterocycles. The van der Waals surface area contributed by atoms with E-state index in [1.54, 1.807) is 20.8 Å². The summed E-state index contributed by atoms with van der Waals surface area (Å²) in [7, 11) is -4.16. The Kier molecular flexibility index (Phi) is 7.51. The number of hydrogen-bond donors (Lipinski definition) is 2. The molecule has 31 heavy (non-hydrogen) atoms. The second-order valence-corrected chi connectivity index (χ2v) is 9.68. The SMILES string of the molecule is CC(C)(C)OC(=O)NCCS(=O)(=O)Oc1ccccc1C(=O)Nc1ncc([N+](=O)[O-])s1. The van der Waals surface area contributed by atoms with E-state index in [1.807, 2.05) is 0 Å². The van der Waals surface area contributed by atoms with Crippen LogP contribution in [0.4, 0.5) is 14.9 Å². The van der Waals surface area contributed by atoms with E-state index in [0.717, 1.165) is 6.20 Å². The van der Waals surface area contributed by atoms with Crippen molar-refractivity contribution in [3.8, 4) is 5.75 Å².